The number of aliphatic hydroxyl groups excluding tert-OH is 1. The second kappa shape index (κ2) is 7.25. The largest absolute Gasteiger partial charge is 0.396 e. The van der Waals surface area contributed by atoms with Crippen LogP contribution in [-0.4, -0.2) is 36.8 Å². The van der Waals surface area contributed by atoms with Crippen LogP contribution in [0.4, 0.5) is 0 Å². The third-order valence-corrected chi connectivity index (χ3v) is 4.39. The topological polar surface area (TPSA) is 61.4 Å². The second-order valence-corrected chi connectivity index (χ2v) is 6.68. The smallest absolute Gasteiger partial charge is 0.221 e. The van der Waals surface area contributed by atoms with E-state index in [-0.39, 0.29) is 23.5 Å². The highest BCUT2D eigenvalue weighted by molar-refractivity contribution is 5.77. The number of amides is 1. The first-order valence-corrected chi connectivity index (χ1v) is 7.50. The Morgan fingerprint density at radius 3 is 2.42 bits per heavy atom. The third kappa shape index (κ3) is 5.49. The van der Waals surface area contributed by atoms with Crippen LogP contribution >= 0.6 is 0 Å². The molecule has 112 valence electrons. The molecule has 0 aromatic heterocycles. The van der Waals surface area contributed by atoms with E-state index in [9.17, 15) is 4.79 Å². The lowest BCUT2D eigenvalue weighted by Gasteiger charge is -2.37. The quantitative estimate of drug-likeness (QED) is 0.661. The molecule has 0 aliphatic heterocycles. The number of nitrogens with one attached hydrogen (secondary N) is 2. The van der Waals surface area contributed by atoms with E-state index in [1.807, 2.05) is 7.05 Å². The monoisotopic (exact) mass is 270 g/mol. The summed E-state index contributed by atoms with van der Waals surface area (Å²) in [6.07, 6.45) is 7.18. The Morgan fingerprint density at radius 2 is 1.89 bits per heavy atom. The summed E-state index contributed by atoms with van der Waals surface area (Å²) in [7, 11) is 1.97. The fourth-order valence-corrected chi connectivity index (χ4v) is 2.84. The molecule has 0 aromatic rings. The van der Waals surface area contributed by atoms with Crippen LogP contribution < -0.4 is 10.6 Å². The number of aliphatic hydroxyl groups is 1. The van der Waals surface area contributed by atoms with E-state index in [1.54, 1.807) is 0 Å². The zero-order valence-corrected chi connectivity index (χ0v) is 12.7. The molecule has 1 saturated carbocycles. The molecular formula is C15H30N2O2. The molecule has 0 spiro atoms. The molecule has 0 saturated heterocycles. The summed E-state index contributed by atoms with van der Waals surface area (Å²) in [4.78, 5) is 12.1. The molecule has 0 radical (unpaired) electrons. The Hall–Kier alpha value is -0.610. The Balaban J connectivity index is 2.41. The number of carbonyl (C=O) groups excluding carboxylic acids is 1. The van der Waals surface area contributed by atoms with Gasteiger partial charge in [0.25, 0.3) is 0 Å². The summed E-state index contributed by atoms with van der Waals surface area (Å²) in [6.45, 7) is 4.94. The minimum Gasteiger partial charge on any atom is -0.396 e. The van der Waals surface area contributed by atoms with Crippen molar-refractivity contribution < 1.29 is 9.90 Å². The van der Waals surface area contributed by atoms with E-state index < -0.39 is 0 Å². The summed E-state index contributed by atoms with van der Waals surface area (Å²) in [6, 6.07) is 0. The highest BCUT2D eigenvalue weighted by Gasteiger charge is 2.32. The van der Waals surface area contributed by atoms with Crippen molar-refractivity contribution in [2.24, 2.45) is 5.41 Å². The van der Waals surface area contributed by atoms with Crippen molar-refractivity contribution in [3.63, 3.8) is 0 Å². The maximum atomic E-state index is 12.1. The van der Waals surface area contributed by atoms with Gasteiger partial charge in [0.2, 0.25) is 5.91 Å². The molecule has 0 heterocycles. The van der Waals surface area contributed by atoms with Crippen LogP contribution in [0.5, 0.6) is 0 Å². The van der Waals surface area contributed by atoms with Crippen LogP contribution in [-0.2, 0) is 4.79 Å². The summed E-state index contributed by atoms with van der Waals surface area (Å²) in [5.41, 5.74) is -0.0345. The van der Waals surface area contributed by atoms with Crippen LogP contribution in [0, 0.1) is 5.41 Å². The van der Waals surface area contributed by atoms with Gasteiger partial charge in [-0.25, -0.2) is 0 Å². The fourth-order valence-electron chi connectivity index (χ4n) is 2.84. The molecule has 1 aliphatic carbocycles. The van der Waals surface area contributed by atoms with E-state index >= 15 is 0 Å². The minimum absolute atomic E-state index is 0.00343. The van der Waals surface area contributed by atoms with Crippen LogP contribution in [0.1, 0.15) is 58.8 Å². The van der Waals surface area contributed by atoms with Crippen LogP contribution in [0.15, 0.2) is 0 Å². The highest BCUT2D eigenvalue weighted by Crippen LogP contribution is 2.30. The van der Waals surface area contributed by atoms with E-state index in [4.69, 9.17) is 5.11 Å². The van der Waals surface area contributed by atoms with E-state index in [0.717, 1.165) is 12.8 Å². The van der Waals surface area contributed by atoms with Crippen molar-refractivity contribution in [3.8, 4) is 0 Å². The van der Waals surface area contributed by atoms with Gasteiger partial charge in [0.15, 0.2) is 0 Å². The molecule has 19 heavy (non-hydrogen) atoms. The summed E-state index contributed by atoms with van der Waals surface area (Å²) < 4.78 is 0. The predicted molar refractivity (Wildman–Crippen MR) is 78.0 cm³/mol. The van der Waals surface area contributed by atoms with Gasteiger partial charge in [-0.2, -0.15) is 0 Å². The normalized spacial score (nSPS) is 19.2. The lowest BCUT2D eigenvalue weighted by atomic mass is 9.79. The maximum Gasteiger partial charge on any atom is 0.221 e. The molecule has 0 bridgehead atoms. The average molecular weight is 270 g/mol. The van der Waals surface area contributed by atoms with Crippen molar-refractivity contribution >= 4 is 5.91 Å². The van der Waals surface area contributed by atoms with Gasteiger partial charge in [0.1, 0.15) is 0 Å². The van der Waals surface area contributed by atoms with Gasteiger partial charge in [0.05, 0.1) is 0 Å². The first kappa shape index (κ1) is 16.4. The maximum absolute atomic E-state index is 12.1. The van der Waals surface area contributed by atoms with E-state index in [0.29, 0.717) is 19.4 Å². The van der Waals surface area contributed by atoms with Crippen molar-refractivity contribution in [1.29, 1.82) is 0 Å². The Bertz CT molecular complexity index is 284. The van der Waals surface area contributed by atoms with Crippen molar-refractivity contribution in [3.05, 3.63) is 0 Å². The standard InChI is InChI=1S/C15H30N2O2/c1-14(2,9-10-18)12-17-13(19)11-15(16-3)7-5-4-6-8-15/h16,18H,4-12H2,1-3H3,(H,17,19). The molecule has 1 amide bonds. The first-order valence-electron chi connectivity index (χ1n) is 7.50. The number of hydrogen-bond donors (Lipinski definition) is 3. The molecule has 1 aliphatic rings. The number of rotatable bonds is 7. The SMILES string of the molecule is CNC1(CC(=O)NCC(C)(C)CCO)CCCCC1. The Morgan fingerprint density at radius 1 is 1.26 bits per heavy atom. The first-order chi connectivity index (χ1) is 8.93. The van der Waals surface area contributed by atoms with Crippen molar-refractivity contribution in [2.75, 3.05) is 20.2 Å². The van der Waals surface area contributed by atoms with Gasteiger partial charge in [-0.05, 0) is 31.7 Å². The van der Waals surface area contributed by atoms with Crippen molar-refractivity contribution in [2.45, 2.75) is 64.3 Å². The Kier molecular flexibility index (Phi) is 6.27. The molecule has 4 nitrogen and oxygen atoms in total. The van der Waals surface area contributed by atoms with E-state index in [1.165, 1.54) is 19.3 Å². The van der Waals surface area contributed by atoms with Crippen LogP contribution in [0.2, 0.25) is 0 Å². The number of carbonyl (C=O) groups is 1. The fraction of sp³-hybridized carbons (Fsp3) is 0.933. The third-order valence-electron chi connectivity index (χ3n) is 4.39. The van der Waals surface area contributed by atoms with Gasteiger partial charge < -0.3 is 15.7 Å². The Labute approximate surface area is 117 Å². The van der Waals surface area contributed by atoms with Gasteiger partial charge in [-0.1, -0.05) is 33.1 Å². The molecule has 1 rings (SSSR count). The molecule has 3 N–H and O–H groups in total. The van der Waals surface area contributed by atoms with Gasteiger partial charge in [0, 0.05) is 25.1 Å². The molecule has 4 heteroatoms. The van der Waals surface area contributed by atoms with Gasteiger partial charge in [-0.3, -0.25) is 4.79 Å². The van der Waals surface area contributed by atoms with E-state index in [2.05, 4.69) is 24.5 Å². The molecule has 1 fully saturated rings. The summed E-state index contributed by atoms with van der Waals surface area (Å²) in [5, 5.41) is 15.4. The second-order valence-electron chi connectivity index (χ2n) is 6.68. The van der Waals surface area contributed by atoms with Crippen molar-refractivity contribution in [1.82, 2.24) is 10.6 Å². The van der Waals surface area contributed by atoms with Gasteiger partial charge in [-0.15, -0.1) is 0 Å². The van der Waals surface area contributed by atoms with Crippen LogP contribution in [0.25, 0.3) is 0 Å². The molecule has 0 unspecified atom stereocenters. The zero-order chi connectivity index (χ0) is 14.4. The summed E-state index contributed by atoms with van der Waals surface area (Å²) >= 11 is 0. The molecule has 0 aromatic carbocycles. The zero-order valence-electron chi connectivity index (χ0n) is 12.7. The highest BCUT2D eigenvalue weighted by atomic mass is 16.3. The molecule has 0 atom stereocenters. The lowest BCUT2D eigenvalue weighted by molar-refractivity contribution is -0.123. The summed E-state index contributed by atoms with van der Waals surface area (Å²) in [5.74, 6) is 0.127. The minimum atomic E-state index is -0.0379. The van der Waals surface area contributed by atoms with Gasteiger partial charge >= 0.3 is 0 Å². The molecular weight excluding hydrogens is 240 g/mol. The number of hydrogen-bond acceptors (Lipinski definition) is 3. The average Bonchev–Trinajstić information content (AvgIpc) is 2.38. The predicted octanol–water partition coefficient (Wildman–Crippen LogP) is 1.82. The lowest BCUT2D eigenvalue weighted by Crippen LogP contribution is -2.49. The van der Waals surface area contributed by atoms with Crippen LogP contribution in [0.3, 0.4) is 0 Å².